The first-order valence-corrected chi connectivity index (χ1v) is 7.43. The van der Waals surface area contributed by atoms with E-state index in [-0.39, 0.29) is 6.10 Å². The van der Waals surface area contributed by atoms with E-state index in [2.05, 4.69) is 0 Å². The summed E-state index contributed by atoms with van der Waals surface area (Å²) >= 11 is 0. The van der Waals surface area contributed by atoms with Gasteiger partial charge in [-0.3, -0.25) is 5.41 Å². The lowest BCUT2D eigenvalue weighted by Gasteiger charge is -2.26. The minimum Gasteiger partial charge on any atom is -0.486 e. The van der Waals surface area contributed by atoms with Crippen LogP contribution in [-0.4, -0.2) is 31.6 Å². The lowest BCUT2D eigenvalue weighted by Crippen LogP contribution is -2.33. The number of hydrogen-bond donors (Lipinski definition) is 1. The van der Waals surface area contributed by atoms with Gasteiger partial charge in [-0.2, -0.15) is 0 Å². The highest BCUT2D eigenvalue weighted by atomic mass is 16.6. The van der Waals surface area contributed by atoms with Gasteiger partial charge >= 0.3 is 0 Å². The molecular weight excluding hydrogens is 278 g/mol. The quantitative estimate of drug-likeness (QED) is 0.862. The molecule has 0 radical (unpaired) electrons. The first kappa shape index (κ1) is 14.6. The van der Waals surface area contributed by atoms with Crippen LogP contribution in [0.15, 0.2) is 48.5 Å². The maximum absolute atomic E-state index is 8.33. The van der Waals surface area contributed by atoms with Gasteiger partial charge in [0.2, 0.25) is 0 Å². The van der Waals surface area contributed by atoms with Crippen molar-refractivity contribution >= 4 is 5.71 Å². The molecule has 0 saturated carbocycles. The van der Waals surface area contributed by atoms with Crippen LogP contribution in [0.2, 0.25) is 0 Å². The van der Waals surface area contributed by atoms with Gasteiger partial charge in [0, 0.05) is 12.2 Å². The van der Waals surface area contributed by atoms with Crippen molar-refractivity contribution in [3.63, 3.8) is 0 Å². The van der Waals surface area contributed by atoms with Gasteiger partial charge in [0.25, 0.3) is 0 Å². The summed E-state index contributed by atoms with van der Waals surface area (Å²) < 4.78 is 17.0. The predicted octanol–water partition coefficient (Wildman–Crippen LogP) is 3.28. The smallest absolute Gasteiger partial charge is 0.162 e. The fraction of sp³-hybridized carbons (Fsp3) is 0.278. The van der Waals surface area contributed by atoms with Gasteiger partial charge in [0.15, 0.2) is 17.6 Å². The fourth-order valence-electron chi connectivity index (χ4n) is 2.37. The van der Waals surface area contributed by atoms with Crippen molar-refractivity contribution in [2.24, 2.45) is 0 Å². The molecule has 2 aromatic rings. The molecule has 0 aromatic heterocycles. The largest absolute Gasteiger partial charge is 0.486 e. The van der Waals surface area contributed by atoms with Crippen molar-refractivity contribution in [2.75, 3.05) is 19.8 Å². The minimum absolute atomic E-state index is 0.103. The molecule has 0 bridgehead atoms. The van der Waals surface area contributed by atoms with Gasteiger partial charge in [-0.15, -0.1) is 0 Å². The van der Waals surface area contributed by atoms with Gasteiger partial charge in [-0.1, -0.05) is 30.3 Å². The zero-order chi connectivity index (χ0) is 15.4. The highest BCUT2D eigenvalue weighted by Gasteiger charge is 2.22. The van der Waals surface area contributed by atoms with Gasteiger partial charge in [0.05, 0.1) is 12.3 Å². The second-order valence-electron chi connectivity index (χ2n) is 5.11. The van der Waals surface area contributed by atoms with Crippen LogP contribution in [0.4, 0.5) is 0 Å². The summed E-state index contributed by atoms with van der Waals surface area (Å²) in [5, 5.41) is 8.33. The van der Waals surface area contributed by atoms with Crippen LogP contribution in [-0.2, 0) is 4.74 Å². The lowest BCUT2D eigenvalue weighted by molar-refractivity contribution is 0.0127. The van der Waals surface area contributed by atoms with Gasteiger partial charge in [0.1, 0.15) is 6.61 Å². The molecule has 1 atom stereocenters. The highest BCUT2D eigenvalue weighted by Crippen LogP contribution is 2.33. The van der Waals surface area contributed by atoms with Crippen molar-refractivity contribution in [3.8, 4) is 11.5 Å². The van der Waals surface area contributed by atoms with E-state index in [1.54, 1.807) is 0 Å². The van der Waals surface area contributed by atoms with Crippen molar-refractivity contribution < 1.29 is 14.2 Å². The Balaban J connectivity index is 1.80. The maximum atomic E-state index is 8.33. The van der Waals surface area contributed by atoms with Gasteiger partial charge in [-0.25, -0.2) is 0 Å². The second-order valence-corrected chi connectivity index (χ2v) is 5.11. The summed E-state index contributed by atoms with van der Waals surface area (Å²) in [6, 6.07) is 15.3. The molecule has 1 aliphatic heterocycles. The Morgan fingerprint density at radius 1 is 1.14 bits per heavy atom. The average Bonchev–Trinajstić information content (AvgIpc) is 2.59. The zero-order valence-electron chi connectivity index (χ0n) is 12.5. The zero-order valence-corrected chi connectivity index (χ0v) is 12.5. The van der Waals surface area contributed by atoms with Crippen LogP contribution in [0.5, 0.6) is 11.5 Å². The van der Waals surface area contributed by atoms with E-state index < -0.39 is 0 Å². The number of benzene rings is 2. The summed E-state index contributed by atoms with van der Waals surface area (Å²) in [4.78, 5) is 0. The van der Waals surface area contributed by atoms with E-state index in [1.807, 2.05) is 55.5 Å². The first-order valence-electron chi connectivity index (χ1n) is 7.43. The van der Waals surface area contributed by atoms with Crippen LogP contribution in [0.25, 0.3) is 0 Å². The fourth-order valence-corrected chi connectivity index (χ4v) is 2.37. The third kappa shape index (κ3) is 3.12. The van der Waals surface area contributed by atoms with E-state index in [4.69, 9.17) is 19.6 Å². The summed E-state index contributed by atoms with van der Waals surface area (Å²) in [6.45, 7) is 3.61. The molecule has 1 unspecified atom stereocenters. The summed E-state index contributed by atoms with van der Waals surface area (Å²) in [6.07, 6.45) is -0.103. The first-order chi connectivity index (χ1) is 10.8. The molecular formula is C18H19NO3. The van der Waals surface area contributed by atoms with Crippen molar-refractivity contribution in [2.45, 2.75) is 13.0 Å². The second kappa shape index (κ2) is 6.62. The molecule has 1 N–H and O–H groups in total. The monoisotopic (exact) mass is 297 g/mol. The molecule has 1 aliphatic rings. The Labute approximate surface area is 130 Å². The number of nitrogens with one attached hydrogen (secondary N) is 1. The van der Waals surface area contributed by atoms with E-state index in [0.29, 0.717) is 31.3 Å². The SMILES string of the molecule is CCOCC1COc2ccc(C(=N)c3ccccc3)cc2O1. The average molecular weight is 297 g/mol. The molecule has 2 aromatic carbocycles. The molecule has 4 heteroatoms. The molecule has 0 saturated heterocycles. The van der Waals surface area contributed by atoms with Crippen LogP contribution in [0, 0.1) is 5.41 Å². The van der Waals surface area contributed by atoms with E-state index in [1.165, 1.54) is 0 Å². The molecule has 3 rings (SSSR count). The Bertz CT molecular complexity index is 655. The normalized spacial score (nSPS) is 16.3. The van der Waals surface area contributed by atoms with E-state index in [9.17, 15) is 0 Å². The Morgan fingerprint density at radius 3 is 2.73 bits per heavy atom. The molecule has 114 valence electrons. The summed E-state index contributed by atoms with van der Waals surface area (Å²) in [7, 11) is 0. The third-order valence-corrected chi connectivity index (χ3v) is 3.52. The minimum atomic E-state index is -0.103. The van der Waals surface area contributed by atoms with Crippen molar-refractivity contribution in [1.29, 1.82) is 5.41 Å². The predicted molar refractivity (Wildman–Crippen MR) is 85.2 cm³/mol. The molecule has 0 amide bonds. The maximum Gasteiger partial charge on any atom is 0.162 e. The Hall–Kier alpha value is -2.33. The molecule has 0 aliphatic carbocycles. The van der Waals surface area contributed by atoms with E-state index >= 15 is 0 Å². The number of fused-ring (bicyclic) bond motifs is 1. The number of rotatable bonds is 5. The third-order valence-electron chi connectivity index (χ3n) is 3.52. The van der Waals surface area contributed by atoms with E-state index in [0.717, 1.165) is 16.9 Å². The molecule has 4 nitrogen and oxygen atoms in total. The Kier molecular flexibility index (Phi) is 4.39. The standard InChI is InChI=1S/C18H19NO3/c1-2-20-11-15-12-21-16-9-8-14(10-17(16)22-15)18(19)13-6-4-3-5-7-13/h3-10,15,19H,2,11-12H2,1H3. The Morgan fingerprint density at radius 2 is 1.95 bits per heavy atom. The van der Waals surface area contributed by atoms with Crippen LogP contribution >= 0.6 is 0 Å². The molecule has 1 heterocycles. The van der Waals surface area contributed by atoms with Crippen LogP contribution in [0.3, 0.4) is 0 Å². The number of ether oxygens (including phenoxy) is 3. The highest BCUT2D eigenvalue weighted by molar-refractivity contribution is 6.11. The van der Waals surface area contributed by atoms with Crippen LogP contribution < -0.4 is 9.47 Å². The van der Waals surface area contributed by atoms with Crippen molar-refractivity contribution in [1.82, 2.24) is 0 Å². The van der Waals surface area contributed by atoms with Gasteiger partial charge < -0.3 is 14.2 Å². The number of hydrogen-bond acceptors (Lipinski definition) is 4. The topological polar surface area (TPSA) is 51.5 Å². The molecule has 22 heavy (non-hydrogen) atoms. The van der Waals surface area contributed by atoms with Crippen LogP contribution in [0.1, 0.15) is 18.1 Å². The molecule has 0 spiro atoms. The lowest BCUT2D eigenvalue weighted by atomic mass is 10.0. The van der Waals surface area contributed by atoms with Gasteiger partial charge in [-0.05, 0) is 30.7 Å². The summed E-state index contributed by atoms with van der Waals surface area (Å²) in [5.41, 5.74) is 2.16. The van der Waals surface area contributed by atoms with Crippen molar-refractivity contribution in [3.05, 3.63) is 59.7 Å². The molecule has 0 fully saturated rings. The summed E-state index contributed by atoms with van der Waals surface area (Å²) in [5.74, 6) is 1.39.